The van der Waals surface area contributed by atoms with Crippen LogP contribution in [0, 0.1) is 0 Å². The molecule has 0 saturated heterocycles. The molecule has 0 heterocycles. The molecule has 0 bridgehead atoms. The van der Waals surface area contributed by atoms with Crippen molar-refractivity contribution in [2.24, 2.45) is 0 Å². The van der Waals surface area contributed by atoms with Gasteiger partial charge in [-0.3, -0.25) is 9.59 Å². The van der Waals surface area contributed by atoms with Crippen molar-refractivity contribution in [2.45, 2.75) is 78.4 Å². The number of rotatable bonds is 8. The molecule has 1 atom stereocenters. The zero-order valence-electron chi connectivity index (χ0n) is 19.5. The Morgan fingerprint density at radius 2 is 1.48 bits per heavy atom. The van der Waals surface area contributed by atoms with Gasteiger partial charge in [-0.1, -0.05) is 61.8 Å². The number of benzene rings is 2. The lowest BCUT2D eigenvalue weighted by Crippen LogP contribution is -2.52. The van der Waals surface area contributed by atoms with E-state index in [4.69, 9.17) is 11.6 Å². The van der Waals surface area contributed by atoms with Crippen LogP contribution in [0.5, 0.6) is 0 Å². The van der Waals surface area contributed by atoms with Crippen LogP contribution in [0.25, 0.3) is 0 Å². The van der Waals surface area contributed by atoms with Gasteiger partial charge in [-0.25, -0.2) is 0 Å². The summed E-state index contributed by atoms with van der Waals surface area (Å²) in [5, 5.41) is 3.63. The van der Waals surface area contributed by atoms with E-state index in [2.05, 4.69) is 43.4 Å². The first kappa shape index (κ1) is 24.9. The first-order chi connectivity index (χ1) is 14.5. The van der Waals surface area contributed by atoms with Crippen LogP contribution in [-0.4, -0.2) is 28.3 Å². The first-order valence-corrected chi connectivity index (χ1v) is 11.3. The maximum atomic E-state index is 13.2. The van der Waals surface area contributed by atoms with Gasteiger partial charge in [0.15, 0.2) is 0 Å². The number of aryl methyl sites for hydroxylation is 1. The fourth-order valence-electron chi connectivity index (χ4n) is 3.31. The van der Waals surface area contributed by atoms with Crippen molar-refractivity contribution < 1.29 is 9.59 Å². The number of hydrogen-bond acceptors (Lipinski definition) is 2. The topological polar surface area (TPSA) is 49.4 Å². The van der Waals surface area contributed by atoms with Gasteiger partial charge in [0, 0.05) is 23.5 Å². The summed E-state index contributed by atoms with van der Waals surface area (Å²) in [4.78, 5) is 27.7. The van der Waals surface area contributed by atoms with E-state index in [9.17, 15) is 9.59 Å². The largest absolute Gasteiger partial charge is 0.350 e. The summed E-state index contributed by atoms with van der Waals surface area (Å²) in [6.45, 7) is 12.3. The van der Waals surface area contributed by atoms with Gasteiger partial charge in [0.1, 0.15) is 6.04 Å². The second kappa shape index (κ2) is 10.8. The number of halogens is 1. The molecular formula is C26H35ClN2O2. The van der Waals surface area contributed by atoms with Crippen LogP contribution in [0.1, 0.15) is 70.6 Å². The minimum absolute atomic E-state index is 0.0422. The molecule has 0 aliphatic heterocycles. The Balaban J connectivity index is 2.14. The number of carbonyl (C=O) groups excluding carboxylic acids is 2. The quantitative estimate of drug-likeness (QED) is 0.567. The van der Waals surface area contributed by atoms with Gasteiger partial charge in [0.2, 0.25) is 11.8 Å². The molecule has 5 heteroatoms. The molecule has 2 aromatic rings. The minimum atomic E-state index is -0.578. The average molecular weight is 443 g/mol. The van der Waals surface area contributed by atoms with Crippen molar-refractivity contribution in [3.05, 3.63) is 70.2 Å². The molecule has 1 N–H and O–H groups in total. The molecule has 1 unspecified atom stereocenters. The number of amides is 2. The molecular weight excluding hydrogens is 408 g/mol. The third kappa shape index (κ3) is 8.02. The maximum absolute atomic E-state index is 13.2. The monoisotopic (exact) mass is 442 g/mol. The van der Waals surface area contributed by atoms with E-state index in [1.165, 1.54) is 5.56 Å². The van der Waals surface area contributed by atoms with E-state index < -0.39 is 6.04 Å². The Morgan fingerprint density at radius 3 is 2.00 bits per heavy atom. The Morgan fingerprint density at radius 1 is 0.935 bits per heavy atom. The van der Waals surface area contributed by atoms with Crippen molar-refractivity contribution in [3.63, 3.8) is 0 Å². The van der Waals surface area contributed by atoms with E-state index in [-0.39, 0.29) is 17.4 Å². The minimum Gasteiger partial charge on any atom is -0.350 e. The van der Waals surface area contributed by atoms with E-state index in [1.54, 1.807) is 24.0 Å². The summed E-state index contributed by atoms with van der Waals surface area (Å²) >= 11 is 6.00. The Bertz CT molecular complexity index is 868. The third-order valence-electron chi connectivity index (χ3n) is 5.21. The molecule has 2 amide bonds. The highest BCUT2D eigenvalue weighted by atomic mass is 35.5. The van der Waals surface area contributed by atoms with Gasteiger partial charge >= 0.3 is 0 Å². The van der Waals surface area contributed by atoms with Gasteiger partial charge in [0.05, 0.1) is 0 Å². The normalized spacial score (nSPS) is 12.5. The third-order valence-corrected chi connectivity index (χ3v) is 5.46. The molecule has 2 rings (SSSR count). The maximum Gasteiger partial charge on any atom is 0.242 e. The lowest BCUT2D eigenvalue weighted by Gasteiger charge is -2.31. The highest BCUT2D eigenvalue weighted by Gasteiger charge is 2.28. The molecule has 0 saturated carbocycles. The number of nitrogens with one attached hydrogen (secondary N) is 1. The fourth-order valence-corrected chi connectivity index (χ4v) is 3.43. The van der Waals surface area contributed by atoms with Crippen molar-refractivity contribution in [1.29, 1.82) is 0 Å². The summed E-state index contributed by atoms with van der Waals surface area (Å²) in [5.41, 5.74) is 2.98. The average Bonchev–Trinajstić information content (AvgIpc) is 2.70. The molecule has 0 aliphatic rings. The lowest BCUT2D eigenvalue weighted by molar-refractivity contribution is -0.141. The zero-order valence-corrected chi connectivity index (χ0v) is 20.3. The van der Waals surface area contributed by atoms with Crippen LogP contribution in [0.2, 0.25) is 5.02 Å². The lowest BCUT2D eigenvalue weighted by atomic mass is 10.00. The Kier molecular flexibility index (Phi) is 8.69. The molecule has 0 aromatic heterocycles. The molecule has 31 heavy (non-hydrogen) atoms. The van der Waals surface area contributed by atoms with E-state index in [0.29, 0.717) is 30.3 Å². The molecule has 168 valence electrons. The summed E-state index contributed by atoms with van der Waals surface area (Å²) in [7, 11) is 0. The second-order valence-corrected chi connectivity index (χ2v) is 9.90. The van der Waals surface area contributed by atoms with Crippen molar-refractivity contribution >= 4 is 23.4 Å². The summed E-state index contributed by atoms with van der Waals surface area (Å²) in [6, 6.07) is 15.2. The van der Waals surface area contributed by atoms with Gasteiger partial charge in [0.25, 0.3) is 0 Å². The Hall–Kier alpha value is -2.33. The zero-order chi connectivity index (χ0) is 23.2. The standard InChI is InChI=1S/C26H35ClN2O2/c1-18(2)22-12-7-20(8-13-22)11-16-24(30)29(17-21-9-14-23(27)15-10-21)19(3)25(31)28-26(4,5)6/h7-10,12-15,18-19H,11,16-17H2,1-6H3,(H,28,31). The van der Waals surface area contributed by atoms with Crippen LogP contribution in [0.15, 0.2) is 48.5 Å². The second-order valence-electron chi connectivity index (χ2n) is 9.46. The van der Waals surface area contributed by atoms with Crippen molar-refractivity contribution in [1.82, 2.24) is 10.2 Å². The van der Waals surface area contributed by atoms with Crippen LogP contribution in [-0.2, 0) is 22.6 Å². The number of hydrogen-bond donors (Lipinski definition) is 1. The molecule has 0 spiro atoms. The highest BCUT2D eigenvalue weighted by Crippen LogP contribution is 2.18. The molecule has 0 aliphatic carbocycles. The molecule has 2 aromatic carbocycles. The highest BCUT2D eigenvalue weighted by molar-refractivity contribution is 6.30. The number of nitrogens with zero attached hydrogens (tertiary/aromatic N) is 1. The van der Waals surface area contributed by atoms with Crippen LogP contribution < -0.4 is 5.32 Å². The Labute approximate surface area is 192 Å². The van der Waals surface area contributed by atoms with E-state index in [1.807, 2.05) is 32.9 Å². The van der Waals surface area contributed by atoms with Gasteiger partial charge in [-0.2, -0.15) is 0 Å². The van der Waals surface area contributed by atoms with Gasteiger partial charge in [-0.05, 0) is 68.9 Å². The van der Waals surface area contributed by atoms with Crippen molar-refractivity contribution in [2.75, 3.05) is 0 Å². The number of carbonyl (C=O) groups is 2. The van der Waals surface area contributed by atoms with Crippen LogP contribution in [0.4, 0.5) is 0 Å². The fraction of sp³-hybridized carbons (Fsp3) is 0.462. The van der Waals surface area contributed by atoms with Gasteiger partial charge in [-0.15, -0.1) is 0 Å². The van der Waals surface area contributed by atoms with E-state index >= 15 is 0 Å². The van der Waals surface area contributed by atoms with Crippen LogP contribution in [0.3, 0.4) is 0 Å². The predicted octanol–water partition coefficient (Wildman–Crippen LogP) is 5.73. The predicted molar refractivity (Wildman–Crippen MR) is 128 cm³/mol. The van der Waals surface area contributed by atoms with Crippen molar-refractivity contribution in [3.8, 4) is 0 Å². The molecule has 0 fully saturated rings. The molecule has 0 radical (unpaired) electrons. The van der Waals surface area contributed by atoms with E-state index in [0.717, 1.165) is 11.1 Å². The van der Waals surface area contributed by atoms with Crippen LogP contribution >= 0.6 is 11.6 Å². The summed E-state index contributed by atoms with van der Waals surface area (Å²) in [5.74, 6) is 0.281. The SMILES string of the molecule is CC(C)c1ccc(CCC(=O)N(Cc2ccc(Cl)cc2)C(C)C(=O)NC(C)(C)C)cc1. The summed E-state index contributed by atoms with van der Waals surface area (Å²) in [6.07, 6.45) is 0.990. The molecule has 4 nitrogen and oxygen atoms in total. The van der Waals surface area contributed by atoms with Gasteiger partial charge < -0.3 is 10.2 Å². The summed E-state index contributed by atoms with van der Waals surface area (Å²) < 4.78 is 0. The first-order valence-electron chi connectivity index (χ1n) is 10.9. The smallest absolute Gasteiger partial charge is 0.242 e.